The largest absolute Gasteiger partial charge is 0.466 e. The molecule has 0 rings (SSSR count). The molecule has 0 aromatic heterocycles. The van der Waals surface area contributed by atoms with Gasteiger partial charge in [0.2, 0.25) is 0 Å². The molecule has 0 aromatic rings. The zero-order valence-electron chi connectivity index (χ0n) is 15.6. The summed E-state index contributed by atoms with van der Waals surface area (Å²) in [6, 6.07) is 0. The predicted molar refractivity (Wildman–Crippen MR) is 88.9 cm³/mol. The van der Waals surface area contributed by atoms with E-state index in [1.54, 1.807) is 0 Å². The first-order chi connectivity index (χ1) is 12.3. The van der Waals surface area contributed by atoms with Crippen molar-refractivity contribution in [1.29, 1.82) is 0 Å². The van der Waals surface area contributed by atoms with E-state index < -0.39 is 48.9 Å². The van der Waals surface area contributed by atoms with Gasteiger partial charge in [0.25, 0.3) is 0 Å². The number of carbonyl (C=O) groups excluding carboxylic acids is 4. The first-order valence-corrected chi connectivity index (χ1v) is 8.56. The number of hydrogen-bond donors (Lipinski definition) is 1. The van der Waals surface area contributed by atoms with Crippen LogP contribution in [0.1, 0.15) is 52.4 Å². The molecule has 0 aliphatic carbocycles. The van der Waals surface area contributed by atoms with Gasteiger partial charge in [-0.1, -0.05) is 26.7 Å². The van der Waals surface area contributed by atoms with E-state index in [1.165, 1.54) is 0 Å². The van der Waals surface area contributed by atoms with Gasteiger partial charge in [-0.3, -0.25) is 9.59 Å². The Balaban J connectivity index is 4.93. The van der Waals surface area contributed by atoms with Gasteiger partial charge in [-0.2, -0.15) is 0 Å². The standard InChI is InChI=1S/C17H28O9/c1-4-6-8-24-13(18)10-17(22,11-14(19)25-9-7-5-2)16(21)26-12-15(20)23-3/h22H,4-12H2,1-3H3. The summed E-state index contributed by atoms with van der Waals surface area (Å²) in [4.78, 5) is 46.9. The molecule has 0 radical (unpaired) electrons. The lowest BCUT2D eigenvalue weighted by Crippen LogP contribution is -2.45. The van der Waals surface area contributed by atoms with E-state index in [0.29, 0.717) is 12.8 Å². The third-order valence-corrected chi connectivity index (χ3v) is 3.32. The molecule has 1 N–H and O–H groups in total. The Hall–Kier alpha value is -2.16. The van der Waals surface area contributed by atoms with Gasteiger partial charge < -0.3 is 24.1 Å². The van der Waals surface area contributed by atoms with Crippen LogP contribution in [-0.4, -0.2) is 61.5 Å². The van der Waals surface area contributed by atoms with Crippen molar-refractivity contribution >= 4 is 23.9 Å². The fourth-order valence-corrected chi connectivity index (χ4v) is 1.76. The molecule has 0 unspecified atom stereocenters. The molecular weight excluding hydrogens is 348 g/mol. The summed E-state index contributed by atoms with van der Waals surface area (Å²) in [6.45, 7) is 3.31. The second-order valence-corrected chi connectivity index (χ2v) is 5.69. The topological polar surface area (TPSA) is 125 Å². The lowest BCUT2D eigenvalue weighted by molar-refractivity contribution is -0.180. The number of esters is 4. The highest BCUT2D eigenvalue weighted by Crippen LogP contribution is 2.20. The zero-order valence-corrected chi connectivity index (χ0v) is 15.6. The third kappa shape index (κ3) is 9.97. The van der Waals surface area contributed by atoms with Crippen molar-refractivity contribution in [2.45, 2.75) is 58.0 Å². The van der Waals surface area contributed by atoms with Crippen molar-refractivity contribution < 1.29 is 43.2 Å². The molecular formula is C17H28O9. The van der Waals surface area contributed by atoms with Crippen LogP contribution >= 0.6 is 0 Å². The quantitative estimate of drug-likeness (QED) is 0.283. The Morgan fingerprint density at radius 3 is 1.65 bits per heavy atom. The minimum atomic E-state index is -2.49. The number of methoxy groups -OCH3 is 1. The van der Waals surface area contributed by atoms with Crippen LogP contribution in [0.2, 0.25) is 0 Å². The average molecular weight is 376 g/mol. The Bertz CT molecular complexity index is 449. The van der Waals surface area contributed by atoms with Gasteiger partial charge in [0.1, 0.15) is 0 Å². The zero-order chi connectivity index (χ0) is 20.0. The van der Waals surface area contributed by atoms with Crippen LogP contribution in [0.3, 0.4) is 0 Å². The second-order valence-electron chi connectivity index (χ2n) is 5.69. The highest BCUT2D eigenvalue weighted by molar-refractivity contribution is 5.91. The SMILES string of the molecule is CCCCOC(=O)CC(O)(CC(=O)OCCCC)C(=O)OCC(=O)OC. The lowest BCUT2D eigenvalue weighted by Gasteiger charge is -2.24. The summed E-state index contributed by atoms with van der Waals surface area (Å²) in [7, 11) is 1.10. The van der Waals surface area contributed by atoms with Crippen molar-refractivity contribution in [2.75, 3.05) is 26.9 Å². The molecule has 9 nitrogen and oxygen atoms in total. The number of hydrogen-bond acceptors (Lipinski definition) is 9. The van der Waals surface area contributed by atoms with Crippen molar-refractivity contribution in [3.05, 3.63) is 0 Å². The van der Waals surface area contributed by atoms with Crippen molar-refractivity contribution in [1.82, 2.24) is 0 Å². The molecule has 0 aromatic carbocycles. The molecule has 0 saturated heterocycles. The maximum atomic E-state index is 12.1. The van der Waals surface area contributed by atoms with Gasteiger partial charge in [0.15, 0.2) is 12.2 Å². The summed E-state index contributed by atoms with van der Waals surface area (Å²) >= 11 is 0. The third-order valence-electron chi connectivity index (χ3n) is 3.32. The van der Waals surface area contributed by atoms with Gasteiger partial charge in [-0.05, 0) is 12.8 Å². The van der Waals surface area contributed by atoms with E-state index in [2.05, 4.69) is 9.47 Å². The van der Waals surface area contributed by atoms with Gasteiger partial charge in [0.05, 0.1) is 33.2 Å². The summed E-state index contributed by atoms with van der Waals surface area (Å²) in [6.07, 6.45) is 1.25. The van der Waals surface area contributed by atoms with E-state index in [4.69, 9.17) is 9.47 Å². The number of carbonyl (C=O) groups is 4. The van der Waals surface area contributed by atoms with E-state index >= 15 is 0 Å². The molecule has 0 atom stereocenters. The molecule has 150 valence electrons. The molecule has 0 spiro atoms. The molecule has 0 aliphatic heterocycles. The Morgan fingerprint density at radius 2 is 1.27 bits per heavy atom. The van der Waals surface area contributed by atoms with Gasteiger partial charge in [-0.25, -0.2) is 9.59 Å². The van der Waals surface area contributed by atoms with E-state index in [9.17, 15) is 24.3 Å². The van der Waals surface area contributed by atoms with E-state index in [-0.39, 0.29) is 13.2 Å². The first-order valence-electron chi connectivity index (χ1n) is 8.56. The molecule has 0 heterocycles. The first kappa shape index (κ1) is 23.8. The monoisotopic (exact) mass is 376 g/mol. The fraction of sp³-hybridized carbons (Fsp3) is 0.765. The molecule has 26 heavy (non-hydrogen) atoms. The maximum absolute atomic E-state index is 12.1. The highest BCUT2D eigenvalue weighted by Gasteiger charge is 2.43. The minimum Gasteiger partial charge on any atom is -0.466 e. The van der Waals surface area contributed by atoms with Crippen LogP contribution in [0.5, 0.6) is 0 Å². The smallest absolute Gasteiger partial charge is 0.344 e. The van der Waals surface area contributed by atoms with Crippen LogP contribution < -0.4 is 0 Å². The van der Waals surface area contributed by atoms with Crippen molar-refractivity contribution in [2.24, 2.45) is 0 Å². The second kappa shape index (κ2) is 13.1. The summed E-state index contributed by atoms with van der Waals surface area (Å²) in [5.41, 5.74) is -2.49. The number of ether oxygens (including phenoxy) is 4. The van der Waals surface area contributed by atoms with Crippen LogP contribution in [-0.2, 0) is 38.1 Å². The number of unbranched alkanes of at least 4 members (excludes halogenated alkanes) is 2. The number of rotatable bonds is 13. The van der Waals surface area contributed by atoms with Crippen LogP contribution in [0.25, 0.3) is 0 Å². The lowest BCUT2D eigenvalue weighted by atomic mass is 9.95. The highest BCUT2D eigenvalue weighted by atomic mass is 16.6. The maximum Gasteiger partial charge on any atom is 0.344 e. The number of aliphatic hydroxyl groups is 1. The van der Waals surface area contributed by atoms with Crippen molar-refractivity contribution in [3.8, 4) is 0 Å². The van der Waals surface area contributed by atoms with Crippen LogP contribution in [0.4, 0.5) is 0 Å². The van der Waals surface area contributed by atoms with Crippen LogP contribution in [0.15, 0.2) is 0 Å². The summed E-state index contributed by atoms with van der Waals surface area (Å²) in [5.74, 6) is -3.88. The molecule has 9 heteroatoms. The predicted octanol–water partition coefficient (Wildman–Crippen LogP) is 0.901. The Kier molecular flexibility index (Phi) is 12.0. The van der Waals surface area contributed by atoms with Crippen LogP contribution in [0, 0.1) is 0 Å². The van der Waals surface area contributed by atoms with E-state index in [1.807, 2.05) is 13.8 Å². The fourth-order valence-electron chi connectivity index (χ4n) is 1.76. The average Bonchev–Trinajstić information content (AvgIpc) is 2.59. The summed E-state index contributed by atoms with van der Waals surface area (Å²) in [5, 5.41) is 10.5. The molecule has 0 saturated carbocycles. The van der Waals surface area contributed by atoms with Gasteiger partial charge in [0, 0.05) is 0 Å². The minimum absolute atomic E-state index is 0.129. The Labute approximate surface area is 152 Å². The normalized spacial score (nSPS) is 10.8. The molecule has 0 fully saturated rings. The van der Waals surface area contributed by atoms with Gasteiger partial charge >= 0.3 is 23.9 Å². The molecule has 0 amide bonds. The summed E-state index contributed by atoms with van der Waals surface area (Å²) < 4.78 is 18.8. The Morgan fingerprint density at radius 1 is 0.808 bits per heavy atom. The molecule has 0 bridgehead atoms. The molecule has 0 aliphatic rings. The van der Waals surface area contributed by atoms with Gasteiger partial charge in [-0.15, -0.1) is 0 Å². The van der Waals surface area contributed by atoms with E-state index in [0.717, 1.165) is 20.0 Å². The van der Waals surface area contributed by atoms with Crippen molar-refractivity contribution in [3.63, 3.8) is 0 Å².